The van der Waals surface area contributed by atoms with Crippen molar-refractivity contribution < 1.29 is 33.5 Å². The van der Waals surface area contributed by atoms with Crippen molar-refractivity contribution in [1.82, 2.24) is 0 Å². The number of hydrogen-bond donors (Lipinski definition) is 0. The molecule has 1 fully saturated rings. The molecule has 1 saturated heterocycles. The second-order valence-electron chi connectivity index (χ2n) is 6.18. The number of carbonyl (C=O) groups excluding carboxylic acids is 1. The van der Waals surface area contributed by atoms with E-state index < -0.39 is 29.8 Å². The molecule has 1 heterocycles. The monoisotopic (exact) mass is 330 g/mol. The minimum absolute atomic E-state index is 0.612. The van der Waals surface area contributed by atoms with Crippen LogP contribution < -0.4 is 0 Å². The van der Waals surface area contributed by atoms with Crippen LogP contribution in [0.3, 0.4) is 0 Å². The normalized spacial score (nSPS) is 18.0. The van der Waals surface area contributed by atoms with Crippen molar-refractivity contribution >= 4 is 6.16 Å². The Morgan fingerprint density at radius 2 is 1.83 bits per heavy atom. The molecule has 0 spiro atoms. The Balaban J connectivity index is 2.54. The minimum atomic E-state index is -1.35. The third-order valence-electron chi connectivity index (χ3n) is 2.91. The quantitative estimate of drug-likeness (QED) is 0.198. The predicted octanol–water partition coefficient (Wildman–Crippen LogP) is 3.80. The maximum Gasteiger partial charge on any atom is 0.511 e. The summed E-state index contributed by atoms with van der Waals surface area (Å²) >= 11 is 0. The molecule has 0 saturated carbocycles. The average Bonchev–Trinajstić information content (AvgIpc) is 3.16. The topological polar surface area (TPSA) is 79.1 Å². The van der Waals surface area contributed by atoms with Crippen molar-refractivity contribution in [3.8, 4) is 0 Å². The number of carbonyl (C=O) groups is 1. The highest BCUT2D eigenvalue weighted by Gasteiger charge is 2.50. The van der Waals surface area contributed by atoms with E-state index >= 15 is 0 Å². The Morgan fingerprint density at radius 1 is 1.22 bits per heavy atom. The molecule has 7 heteroatoms. The Bertz CT molecular complexity index is 438. The summed E-state index contributed by atoms with van der Waals surface area (Å²) in [6, 6.07) is 0. The summed E-state index contributed by atoms with van der Waals surface area (Å²) in [6.45, 7) is 15.8. The molecule has 1 rings (SSSR count). The zero-order valence-corrected chi connectivity index (χ0v) is 14.4. The van der Waals surface area contributed by atoms with Gasteiger partial charge in [-0.1, -0.05) is 26.5 Å². The van der Waals surface area contributed by atoms with Crippen LogP contribution in [-0.4, -0.2) is 29.8 Å². The summed E-state index contributed by atoms with van der Waals surface area (Å²) in [5, 5.41) is 0. The van der Waals surface area contributed by atoms with Crippen LogP contribution in [0, 0.1) is 0 Å². The lowest BCUT2D eigenvalue weighted by Crippen LogP contribution is -2.39. The fourth-order valence-electron chi connectivity index (χ4n) is 1.88. The highest BCUT2D eigenvalue weighted by Crippen LogP contribution is 2.34. The molecule has 1 atom stereocenters. The first-order valence-electron chi connectivity index (χ1n) is 7.47. The van der Waals surface area contributed by atoms with Crippen molar-refractivity contribution in [2.24, 2.45) is 0 Å². The number of ether oxygens (including phenoxy) is 4. The van der Waals surface area contributed by atoms with Gasteiger partial charge in [-0.15, -0.1) is 0 Å². The molecule has 1 aliphatic rings. The molecular weight excluding hydrogens is 304 g/mol. The Labute approximate surface area is 137 Å². The van der Waals surface area contributed by atoms with Gasteiger partial charge in [-0.05, 0) is 26.3 Å². The molecule has 0 aromatic carbocycles. The van der Waals surface area contributed by atoms with Crippen LogP contribution in [0.25, 0.3) is 0 Å². The molecule has 0 radical (unpaired) electrons. The highest BCUT2D eigenvalue weighted by atomic mass is 17.5. The first-order chi connectivity index (χ1) is 10.6. The lowest BCUT2D eigenvalue weighted by molar-refractivity contribution is -0.284. The zero-order chi connectivity index (χ0) is 17.7. The lowest BCUT2D eigenvalue weighted by atomic mass is 10.0. The third-order valence-corrected chi connectivity index (χ3v) is 2.91. The Morgan fingerprint density at radius 3 is 2.26 bits per heavy atom. The van der Waals surface area contributed by atoms with Crippen LogP contribution in [0.4, 0.5) is 4.79 Å². The first-order valence-corrected chi connectivity index (χ1v) is 7.47. The van der Waals surface area contributed by atoms with Gasteiger partial charge in [0.1, 0.15) is 5.60 Å². The van der Waals surface area contributed by atoms with E-state index in [9.17, 15) is 4.79 Å². The minimum Gasteiger partial charge on any atom is -0.428 e. The van der Waals surface area contributed by atoms with Crippen molar-refractivity contribution in [1.29, 1.82) is 0 Å². The molecule has 7 nitrogen and oxygen atoms in total. The van der Waals surface area contributed by atoms with Gasteiger partial charge in [0.15, 0.2) is 6.29 Å². The van der Waals surface area contributed by atoms with Crippen LogP contribution in [0.5, 0.6) is 0 Å². The van der Waals surface area contributed by atoms with Gasteiger partial charge >= 0.3 is 12.1 Å². The van der Waals surface area contributed by atoms with Crippen LogP contribution in [0.1, 0.15) is 47.5 Å². The van der Waals surface area contributed by atoms with E-state index in [1.165, 1.54) is 12.2 Å². The summed E-state index contributed by atoms with van der Waals surface area (Å²) in [5.41, 5.74) is -0.612. The third kappa shape index (κ3) is 6.70. The molecule has 0 aliphatic carbocycles. The van der Waals surface area contributed by atoms with E-state index in [0.29, 0.717) is 0 Å². The van der Waals surface area contributed by atoms with Gasteiger partial charge in [0, 0.05) is 19.9 Å². The van der Waals surface area contributed by atoms with Gasteiger partial charge < -0.3 is 14.2 Å². The standard InChI is InChI=1S/C16H26O7/c1-8-11-14(4,5)20-13(17)21-15(6,7)18-12(9-2)19-16(10-3)22-23-16/h9-10,12H,2-3,8,11H2,1,4-7H3. The second-order valence-corrected chi connectivity index (χ2v) is 6.18. The molecule has 0 N–H and O–H groups in total. The van der Waals surface area contributed by atoms with Crippen molar-refractivity contribution in [2.75, 3.05) is 0 Å². The summed E-state index contributed by atoms with van der Waals surface area (Å²) in [6.07, 6.45) is 2.53. The van der Waals surface area contributed by atoms with Crippen LogP contribution >= 0.6 is 0 Å². The second kappa shape index (κ2) is 7.44. The molecule has 132 valence electrons. The van der Waals surface area contributed by atoms with Gasteiger partial charge in [-0.25, -0.2) is 4.79 Å². The molecule has 1 aliphatic heterocycles. The summed E-state index contributed by atoms with van der Waals surface area (Å²) in [4.78, 5) is 21.2. The van der Waals surface area contributed by atoms with Gasteiger partial charge in [-0.2, -0.15) is 9.78 Å². The molecule has 0 aromatic rings. The number of rotatable bonds is 10. The van der Waals surface area contributed by atoms with E-state index in [1.807, 2.05) is 20.8 Å². The SMILES string of the molecule is C=CC(OC(C)(C)OC(=O)OC(C)(C)CCC)OC1(C=C)OO1. The maximum atomic E-state index is 11.9. The van der Waals surface area contributed by atoms with Gasteiger partial charge in [0.05, 0.1) is 0 Å². The summed E-state index contributed by atoms with van der Waals surface area (Å²) < 4.78 is 21.4. The zero-order valence-electron chi connectivity index (χ0n) is 14.4. The van der Waals surface area contributed by atoms with Crippen LogP contribution in [0.2, 0.25) is 0 Å². The van der Waals surface area contributed by atoms with E-state index in [-0.39, 0.29) is 0 Å². The van der Waals surface area contributed by atoms with E-state index in [2.05, 4.69) is 22.9 Å². The Hall–Kier alpha value is -1.41. The number of hydrogen-bond acceptors (Lipinski definition) is 7. The van der Waals surface area contributed by atoms with Crippen molar-refractivity contribution in [3.05, 3.63) is 25.3 Å². The summed E-state index contributed by atoms with van der Waals surface area (Å²) in [7, 11) is 0. The van der Waals surface area contributed by atoms with Crippen molar-refractivity contribution in [2.45, 2.75) is 71.1 Å². The van der Waals surface area contributed by atoms with E-state index in [0.717, 1.165) is 12.8 Å². The fourth-order valence-corrected chi connectivity index (χ4v) is 1.88. The van der Waals surface area contributed by atoms with Gasteiger partial charge in [0.25, 0.3) is 0 Å². The largest absolute Gasteiger partial charge is 0.511 e. The molecule has 0 amide bonds. The van der Waals surface area contributed by atoms with Crippen LogP contribution in [-0.2, 0) is 28.7 Å². The van der Waals surface area contributed by atoms with E-state index in [4.69, 9.17) is 18.9 Å². The molecule has 23 heavy (non-hydrogen) atoms. The van der Waals surface area contributed by atoms with Gasteiger partial charge in [-0.3, -0.25) is 4.74 Å². The maximum absolute atomic E-state index is 11.9. The fraction of sp³-hybridized carbons (Fsp3) is 0.688. The smallest absolute Gasteiger partial charge is 0.428 e. The molecule has 0 bridgehead atoms. The predicted molar refractivity (Wildman–Crippen MR) is 81.9 cm³/mol. The molecular formula is C16H26O7. The molecule has 1 unspecified atom stereocenters. The first kappa shape index (κ1) is 19.6. The molecule has 0 aromatic heterocycles. The van der Waals surface area contributed by atoms with Crippen molar-refractivity contribution in [3.63, 3.8) is 0 Å². The highest BCUT2D eigenvalue weighted by molar-refractivity contribution is 5.61. The average molecular weight is 330 g/mol. The lowest BCUT2D eigenvalue weighted by Gasteiger charge is -2.31. The van der Waals surface area contributed by atoms with Crippen LogP contribution in [0.15, 0.2) is 25.3 Å². The van der Waals surface area contributed by atoms with Gasteiger partial charge in [0.2, 0.25) is 5.79 Å². The Kier molecular flexibility index (Phi) is 6.35. The van der Waals surface area contributed by atoms with E-state index in [1.54, 1.807) is 13.8 Å². The summed E-state index contributed by atoms with van der Waals surface area (Å²) in [5.74, 6) is -2.66.